The van der Waals surface area contributed by atoms with Gasteiger partial charge in [-0.2, -0.15) is 4.31 Å². The quantitative estimate of drug-likeness (QED) is 0.715. The van der Waals surface area contributed by atoms with Crippen LogP contribution in [0.3, 0.4) is 0 Å². The van der Waals surface area contributed by atoms with Crippen LogP contribution in [0.15, 0.2) is 41.6 Å². The molecule has 0 bridgehead atoms. The zero-order chi connectivity index (χ0) is 18.6. The predicted octanol–water partition coefficient (Wildman–Crippen LogP) is 0.781. The molecule has 142 valence electrons. The number of nitrogens with zero attached hydrogens (tertiary/aromatic N) is 3. The van der Waals surface area contributed by atoms with Gasteiger partial charge in [0.15, 0.2) is 0 Å². The van der Waals surface area contributed by atoms with Crippen molar-refractivity contribution < 1.29 is 17.9 Å². The molecule has 0 radical (unpaired) electrons. The monoisotopic (exact) mass is 380 g/mol. The Bertz CT molecular complexity index is 820. The van der Waals surface area contributed by atoms with Gasteiger partial charge in [0.05, 0.1) is 17.5 Å². The van der Waals surface area contributed by atoms with E-state index in [2.05, 4.69) is 10.3 Å². The van der Waals surface area contributed by atoms with Gasteiger partial charge in [-0.05, 0) is 24.3 Å². The minimum absolute atomic E-state index is 0.248. The summed E-state index contributed by atoms with van der Waals surface area (Å²) in [5, 5.41) is 3.25. The van der Waals surface area contributed by atoms with E-state index in [1.807, 2.05) is 17.8 Å². The van der Waals surface area contributed by atoms with E-state index in [1.165, 1.54) is 4.31 Å². The van der Waals surface area contributed by atoms with E-state index in [4.69, 9.17) is 9.47 Å². The summed E-state index contributed by atoms with van der Waals surface area (Å²) in [6, 6.07) is 6.15. The fourth-order valence-corrected chi connectivity index (χ4v) is 4.56. The molecule has 1 aromatic heterocycles. The van der Waals surface area contributed by atoms with Crippen LogP contribution in [0.5, 0.6) is 5.75 Å². The second kappa shape index (κ2) is 8.17. The average Bonchev–Trinajstić information content (AvgIpc) is 3.08. The fraction of sp³-hybridized carbons (Fsp3) is 0.471. The van der Waals surface area contributed by atoms with E-state index in [0.29, 0.717) is 38.6 Å². The fourth-order valence-electron chi connectivity index (χ4n) is 2.98. The van der Waals surface area contributed by atoms with Crippen molar-refractivity contribution in [2.24, 2.45) is 7.05 Å². The maximum atomic E-state index is 13.2. The van der Waals surface area contributed by atoms with Crippen molar-refractivity contribution in [2.45, 2.75) is 10.9 Å². The molecule has 1 atom stereocenters. The van der Waals surface area contributed by atoms with Gasteiger partial charge in [0.1, 0.15) is 18.2 Å². The smallest absolute Gasteiger partial charge is 0.243 e. The number of nitrogens with one attached hydrogen (secondary N) is 1. The van der Waals surface area contributed by atoms with Crippen LogP contribution >= 0.6 is 0 Å². The number of sulfonamides is 1. The molecule has 0 aliphatic carbocycles. The molecule has 8 nitrogen and oxygen atoms in total. The lowest BCUT2D eigenvalue weighted by atomic mass is 10.2. The van der Waals surface area contributed by atoms with Gasteiger partial charge in [0.2, 0.25) is 10.0 Å². The number of aromatic nitrogens is 2. The highest BCUT2D eigenvalue weighted by molar-refractivity contribution is 7.89. The van der Waals surface area contributed by atoms with Crippen molar-refractivity contribution >= 4 is 10.0 Å². The number of hydrogen-bond donors (Lipinski definition) is 1. The summed E-state index contributed by atoms with van der Waals surface area (Å²) in [6.07, 6.45) is 3.50. The number of hydrogen-bond acceptors (Lipinski definition) is 6. The Hall–Kier alpha value is -1.94. The van der Waals surface area contributed by atoms with E-state index in [1.54, 1.807) is 37.6 Å². The molecule has 0 saturated carbocycles. The summed E-state index contributed by atoms with van der Waals surface area (Å²) in [7, 11) is -0.166. The summed E-state index contributed by atoms with van der Waals surface area (Å²) in [5.41, 5.74) is 0. The standard InChI is InChI=1S/C17H24N4O4S/c1-20-9-8-19-17(20)16-13-18-7-10-21(16)26(22,23)15-5-3-14(4-6-15)25-12-11-24-2/h3-6,8-9,16,18H,7,10-13H2,1-2H3. The maximum Gasteiger partial charge on any atom is 0.243 e. The van der Waals surface area contributed by atoms with Gasteiger partial charge < -0.3 is 19.4 Å². The van der Waals surface area contributed by atoms with E-state index in [-0.39, 0.29) is 10.9 Å². The first-order valence-corrected chi connectivity index (χ1v) is 9.89. The highest BCUT2D eigenvalue weighted by Gasteiger charge is 2.36. The lowest BCUT2D eigenvalue weighted by molar-refractivity contribution is 0.146. The molecule has 3 rings (SSSR count). The van der Waals surface area contributed by atoms with Gasteiger partial charge in [0, 0.05) is 46.2 Å². The van der Waals surface area contributed by atoms with Crippen LogP contribution < -0.4 is 10.1 Å². The van der Waals surface area contributed by atoms with Crippen LogP contribution in [0.4, 0.5) is 0 Å². The average molecular weight is 380 g/mol. The molecule has 1 aliphatic heterocycles. The molecule has 2 aromatic rings. The number of imidazole rings is 1. The number of ether oxygens (including phenoxy) is 2. The van der Waals surface area contributed by atoms with Crippen LogP contribution in [-0.4, -0.2) is 62.2 Å². The maximum absolute atomic E-state index is 13.2. The van der Waals surface area contributed by atoms with E-state index in [9.17, 15) is 8.42 Å². The number of benzene rings is 1. The SMILES string of the molecule is COCCOc1ccc(S(=O)(=O)N2CCNCC2c2nccn2C)cc1. The summed E-state index contributed by atoms with van der Waals surface area (Å²) in [5.74, 6) is 1.34. The van der Waals surface area contributed by atoms with E-state index < -0.39 is 10.0 Å². The Morgan fingerprint density at radius 2 is 2.04 bits per heavy atom. The molecule has 0 spiro atoms. The highest BCUT2D eigenvalue weighted by atomic mass is 32.2. The topological polar surface area (TPSA) is 85.7 Å². The van der Waals surface area contributed by atoms with E-state index >= 15 is 0 Å². The summed E-state index contributed by atoms with van der Waals surface area (Å²) < 4.78 is 40.2. The van der Waals surface area contributed by atoms with Crippen molar-refractivity contribution in [3.63, 3.8) is 0 Å². The Kier molecular flexibility index (Phi) is 5.92. The molecule has 1 unspecified atom stereocenters. The van der Waals surface area contributed by atoms with Crippen LogP contribution in [0.1, 0.15) is 11.9 Å². The lowest BCUT2D eigenvalue weighted by Gasteiger charge is -2.34. The first kappa shape index (κ1) is 18.8. The molecule has 9 heteroatoms. The minimum atomic E-state index is -3.64. The Labute approximate surface area is 153 Å². The van der Waals surface area contributed by atoms with Crippen molar-refractivity contribution in [3.05, 3.63) is 42.5 Å². The van der Waals surface area contributed by atoms with Gasteiger partial charge in [-0.3, -0.25) is 0 Å². The Morgan fingerprint density at radius 3 is 2.69 bits per heavy atom. The predicted molar refractivity (Wildman–Crippen MR) is 96.5 cm³/mol. The number of piperazine rings is 1. The zero-order valence-electron chi connectivity index (χ0n) is 15.0. The third kappa shape index (κ3) is 3.90. The van der Waals surface area contributed by atoms with Crippen molar-refractivity contribution in [3.8, 4) is 5.75 Å². The molecule has 26 heavy (non-hydrogen) atoms. The zero-order valence-corrected chi connectivity index (χ0v) is 15.8. The first-order valence-electron chi connectivity index (χ1n) is 8.45. The van der Waals surface area contributed by atoms with Gasteiger partial charge >= 0.3 is 0 Å². The molecular weight excluding hydrogens is 356 g/mol. The molecule has 0 amide bonds. The molecule has 1 aromatic carbocycles. The van der Waals surface area contributed by atoms with Crippen molar-refractivity contribution in [1.82, 2.24) is 19.2 Å². The molecule has 1 aliphatic rings. The van der Waals surface area contributed by atoms with E-state index in [0.717, 1.165) is 5.82 Å². The van der Waals surface area contributed by atoms with Crippen LogP contribution in [-0.2, 0) is 21.8 Å². The normalized spacial score (nSPS) is 18.8. The first-order chi connectivity index (χ1) is 12.5. The summed E-state index contributed by atoms with van der Waals surface area (Å²) in [6.45, 7) is 2.43. The molecule has 2 heterocycles. The minimum Gasteiger partial charge on any atom is -0.491 e. The number of methoxy groups -OCH3 is 1. The molecule has 1 fully saturated rings. The lowest BCUT2D eigenvalue weighted by Crippen LogP contribution is -2.49. The molecule has 1 N–H and O–H groups in total. The molecule has 1 saturated heterocycles. The third-order valence-corrected chi connectivity index (χ3v) is 6.26. The van der Waals surface area contributed by atoms with Crippen LogP contribution in [0.2, 0.25) is 0 Å². The Morgan fingerprint density at radius 1 is 1.27 bits per heavy atom. The number of rotatable bonds is 7. The van der Waals surface area contributed by atoms with Crippen LogP contribution in [0.25, 0.3) is 0 Å². The second-order valence-corrected chi connectivity index (χ2v) is 7.94. The van der Waals surface area contributed by atoms with Gasteiger partial charge in [-0.25, -0.2) is 13.4 Å². The second-order valence-electron chi connectivity index (χ2n) is 6.04. The van der Waals surface area contributed by atoms with Gasteiger partial charge in [-0.15, -0.1) is 0 Å². The Balaban J connectivity index is 1.82. The molecular formula is C17H24N4O4S. The third-order valence-electron chi connectivity index (χ3n) is 4.34. The summed E-state index contributed by atoms with van der Waals surface area (Å²) >= 11 is 0. The van der Waals surface area contributed by atoms with Crippen molar-refractivity contribution in [1.29, 1.82) is 0 Å². The van der Waals surface area contributed by atoms with Gasteiger partial charge in [-0.1, -0.05) is 0 Å². The number of aryl methyl sites for hydroxylation is 1. The highest BCUT2D eigenvalue weighted by Crippen LogP contribution is 2.28. The summed E-state index contributed by atoms with van der Waals surface area (Å²) in [4.78, 5) is 4.59. The largest absolute Gasteiger partial charge is 0.491 e. The van der Waals surface area contributed by atoms with Crippen molar-refractivity contribution in [2.75, 3.05) is 40.0 Å². The van der Waals surface area contributed by atoms with Gasteiger partial charge in [0.25, 0.3) is 0 Å². The van der Waals surface area contributed by atoms with Crippen LogP contribution in [0, 0.1) is 0 Å².